The van der Waals surface area contributed by atoms with Crippen molar-refractivity contribution in [2.45, 2.75) is 6.92 Å². The van der Waals surface area contributed by atoms with Gasteiger partial charge in [0.25, 0.3) is 0 Å². The summed E-state index contributed by atoms with van der Waals surface area (Å²) >= 11 is 0.967. The van der Waals surface area contributed by atoms with E-state index in [0.717, 1.165) is 11.5 Å². The quantitative estimate of drug-likeness (QED) is 0.591. The maximum Gasteiger partial charge on any atom is 0.225 e. The third kappa shape index (κ3) is 2.99. The molecule has 0 aromatic carbocycles. The van der Waals surface area contributed by atoms with Crippen molar-refractivity contribution < 1.29 is 9.63 Å². The Bertz CT molecular complexity index is 433. The summed E-state index contributed by atoms with van der Waals surface area (Å²) in [4.78, 5) is 19.0. The molecule has 78 valence electrons. The van der Waals surface area contributed by atoms with Gasteiger partial charge in [0.05, 0.1) is 0 Å². The van der Waals surface area contributed by atoms with Crippen LogP contribution < -0.4 is 5.32 Å². The molecule has 0 saturated heterocycles. The monoisotopic (exact) mass is 225 g/mol. The Morgan fingerprint density at radius 3 is 3.00 bits per heavy atom. The van der Waals surface area contributed by atoms with Crippen molar-refractivity contribution in [3.8, 4) is 6.07 Å². The normalized spacial score (nSPS) is 10.6. The number of hydrogen-bond acceptors (Lipinski definition) is 7. The highest BCUT2D eigenvalue weighted by Gasteiger charge is 2.11. The number of anilines is 1. The van der Waals surface area contributed by atoms with Crippen molar-refractivity contribution in [3.63, 3.8) is 0 Å². The number of aromatic nitrogens is 2. The van der Waals surface area contributed by atoms with Gasteiger partial charge in [-0.1, -0.05) is 5.16 Å². The van der Waals surface area contributed by atoms with Gasteiger partial charge in [0.2, 0.25) is 22.6 Å². The molecule has 1 rings (SSSR count). The second-order valence-electron chi connectivity index (χ2n) is 2.34. The zero-order chi connectivity index (χ0) is 11.3. The van der Waals surface area contributed by atoms with E-state index in [1.165, 1.54) is 14.0 Å². The Morgan fingerprint density at radius 1 is 1.73 bits per heavy atom. The molecule has 0 fully saturated rings. The van der Waals surface area contributed by atoms with Crippen molar-refractivity contribution in [2.75, 3.05) is 12.4 Å². The Balaban J connectivity index is 2.88. The molecule has 0 aliphatic rings. The molecule has 0 spiro atoms. The van der Waals surface area contributed by atoms with Gasteiger partial charge >= 0.3 is 0 Å². The fraction of sp³-hybridized carbons (Fsp3) is 0.286. The second kappa shape index (κ2) is 5.02. The van der Waals surface area contributed by atoms with Crippen LogP contribution in [0.25, 0.3) is 0 Å². The van der Waals surface area contributed by atoms with Crippen LogP contribution in [-0.4, -0.2) is 28.1 Å². The highest BCUT2D eigenvalue weighted by Crippen LogP contribution is 2.11. The first-order chi connectivity index (χ1) is 7.17. The van der Waals surface area contributed by atoms with Gasteiger partial charge in [0.15, 0.2) is 0 Å². The number of rotatable bonds is 3. The molecule has 1 aromatic heterocycles. The lowest BCUT2D eigenvalue weighted by Crippen LogP contribution is -2.06. The van der Waals surface area contributed by atoms with Crippen LogP contribution in [0.1, 0.15) is 12.7 Å². The summed E-state index contributed by atoms with van der Waals surface area (Å²) < 4.78 is 3.84. The molecule has 8 heteroatoms. The summed E-state index contributed by atoms with van der Waals surface area (Å²) in [7, 11) is 1.32. The SMILES string of the molecule is CO/N=C(/C#N)c1nsc(NC(C)=O)n1. The summed E-state index contributed by atoms with van der Waals surface area (Å²) in [5, 5.41) is 14.9. The fourth-order valence-electron chi connectivity index (χ4n) is 0.724. The van der Waals surface area contributed by atoms with E-state index < -0.39 is 0 Å². The van der Waals surface area contributed by atoms with E-state index in [2.05, 4.69) is 24.7 Å². The van der Waals surface area contributed by atoms with Gasteiger partial charge in [-0.3, -0.25) is 4.79 Å². The van der Waals surface area contributed by atoms with Crippen LogP contribution in [0.2, 0.25) is 0 Å². The van der Waals surface area contributed by atoms with Crippen LogP contribution in [0.3, 0.4) is 0 Å². The topological polar surface area (TPSA) is 100 Å². The number of nitrogens with one attached hydrogen (secondary N) is 1. The summed E-state index contributed by atoms with van der Waals surface area (Å²) in [6.07, 6.45) is 0. The molecule has 0 unspecified atom stereocenters. The molecule has 0 aliphatic carbocycles. The highest BCUT2D eigenvalue weighted by molar-refractivity contribution is 7.10. The Kier molecular flexibility index (Phi) is 3.70. The van der Waals surface area contributed by atoms with Crippen LogP contribution in [-0.2, 0) is 9.63 Å². The number of nitriles is 1. The average molecular weight is 225 g/mol. The van der Waals surface area contributed by atoms with E-state index >= 15 is 0 Å². The summed E-state index contributed by atoms with van der Waals surface area (Å²) in [5.41, 5.74) is -0.0367. The van der Waals surface area contributed by atoms with Crippen LogP contribution in [0.4, 0.5) is 5.13 Å². The van der Waals surface area contributed by atoms with Crippen molar-refractivity contribution >= 4 is 28.3 Å². The Hall–Kier alpha value is -2.01. The van der Waals surface area contributed by atoms with Gasteiger partial charge in [-0.25, -0.2) is 0 Å². The molecule has 0 atom stereocenters. The van der Waals surface area contributed by atoms with Gasteiger partial charge in [-0.05, 0) is 0 Å². The number of carbonyl (C=O) groups excluding carboxylic acids is 1. The number of amides is 1. The van der Waals surface area contributed by atoms with E-state index in [-0.39, 0.29) is 17.4 Å². The van der Waals surface area contributed by atoms with Gasteiger partial charge in [-0.15, -0.1) is 0 Å². The van der Waals surface area contributed by atoms with Crippen molar-refractivity contribution in [1.29, 1.82) is 5.26 Å². The van der Waals surface area contributed by atoms with Gasteiger partial charge < -0.3 is 10.2 Å². The van der Waals surface area contributed by atoms with Gasteiger partial charge in [0.1, 0.15) is 13.2 Å². The van der Waals surface area contributed by atoms with Gasteiger partial charge in [-0.2, -0.15) is 14.6 Å². The molecule has 0 saturated carbocycles. The zero-order valence-corrected chi connectivity index (χ0v) is 8.83. The molecule has 0 radical (unpaired) electrons. The molecule has 1 aromatic rings. The van der Waals surface area contributed by atoms with E-state index in [1.54, 1.807) is 6.07 Å². The Labute approximate surface area is 89.5 Å². The first-order valence-electron chi connectivity index (χ1n) is 3.80. The smallest absolute Gasteiger partial charge is 0.225 e. The largest absolute Gasteiger partial charge is 0.398 e. The number of hydrogen-bond donors (Lipinski definition) is 1. The molecular weight excluding hydrogens is 218 g/mol. The van der Waals surface area contributed by atoms with Gasteiger partial charge in [0, 0.05) is 18.5 Å². The lowest BCUT2D eigenvalue weighted by molar-refractivity contribution is -0.114. The minimum Gasteiger partial charge on any atom is -0.398 e. The van der Waals surface area contributed by atoms with Crippen LogP contribution in [0, 0.1) is 11.3 Å². The molecule has 7 nitrogen and oxygen atoms in total. The molecular formula is C7H7N5O2S. The first kappa shape index (κ1) is 11.1. The minimum absolute atomic E-state index is 0.0367. The lowest BCUT2D eigenvalue weighted by Gasteiger charge is -1.91. The molecule has 0 aliphatic heterocycles. The molecule has 1 N–H and O–H groups in total. The van der Waals surface area contributed by atoms with E-state index in [9.17, 15) is 4.79 Å². The lowest BCUT2D eigenvalue weighted by atomic mass is 10.4. The molecule has 0 bridgehead atoms. The number of carbonyl (C=O) groups is 1. The van der Waals surface area contributed by atoms with E-state index in [0.29, 0.717) is 5.13 Å². The summed E-state index contributed by atoms with van der Waals surface area (Å²) in [6, 6.07) is 1.78. The maximum atomic E-state index is 10.7. The average Bonchev–Trinajstić information content (AvgIpc) is 2.61. The Morgan fingerprint density at radius 2 is 2.47 bits per heavy atom. The first-order valence-corrected chi connectivity index (χ1v) is 4.57. The predicted molar refractivity (Wildman–Crippen MR) is 53.4 cm³/mol. The minimum atomic E-state index is -0.250. The van der Waals surface area contributed by atoms with Crippen LogP contribution in [0.15, 0.2) is 5.16 Å². The van der Waals surface area contributed by atoms with Crippen LogP contribution >= 0.6 is 11.5 Å². The molecule has 1 heterocycles. The van der Waals surface area contributed by atoms with Crippen LogP contribution in [0.5, 0.6) is 0 Å². The highest BCUT2D eigenvalue weighted by atomic mass is 32.1. The van der Waals surface area contributed by atoms with Crippen molar-refractivity contribution in [2.24, 2.45) is 5.16 Å². The second-order valence-corrected chi connectivity index (χ2v) is 3.09. The van der Waals surface area contributed by atoms with E-state index in [4.69, 9.17) is 5.26 Å². The van der Waals surface area contributed by atoms with Crippen molar-refractivity contribution in [1.82, 2.24) is 9.36 Å². The third-order valence-corrected chi connectivity index (χ3v) is 1.84. The summed E-state index contributed by atoms with van der Waals surface area (Å²) in [6.45, 7) is 1.36. The summed E-state index contributed by atoms with van der Waals surface area (Å²) in [5.74, 6) is -0.118. The number of nitrogens with zero attached hydrogens (tertiary/aromatic N) is 4. The molecule has 1 amide bonds. The van der Waals surface area contributed by atoms with Crippen molar-refractivity contribution in [3.05, 3.63) is 5.82 Å². The predicted octanol–water partition coefficient (Wildman–Crippen LogP) is 0.371. The zero-order valence-electron chi connectivity index (χ0n) is 8.01. The fourth-order valence-corrected chi connectivity index (χ4v) is 1.34. The standard InChI is InChI=1S/C7H7N5O2S/c1-4(13)9-7-10-6(12-15-7)5(3-8)11-14-2/h1-2H3,(H,9,10,12,13)/b11-5-. The number of oxime groups is 1. The maximum absolute atomic E-state index is 10.7. The third-order valence-electron chi connectivity index (χ3n) is 1.21. The van der Waals surface area contributed by atoms with E-state index in [1.807, 2.05) is 0 Å². The molecule has 15 heavy (non-hydrogen) atoms.